The molecule has 0 unspecified atom stereocenters. The highest BCUT2D eigenvalue weighted by Gasteiger charge is 2.16. The number of benzene rings is 8. The molecule has 0 aliphatic rings. The molecule has 3 nitrogen and oxygen atoms in total. The molecule has 0 amide bonds. The molecule has 0 spiro atoms. The second kappa shape index (κ2) is 11.7. The molecule has 9 rings (SSSR count). The van der Waals surface area contributed by atoms with Gasteiger partial charge in [0, 0.05) is 16.7 Å². The Morgan fingerprint density at radius 1 is 0.250 bits per heavy atom. The first-order valence-corrected chi connectivity index (χ1v) is 16.2. The summed E-state index contributed by atoms with van der Waals surface area (Å²) in [5.74, 6) is 1.94. The number of aromatic nitrogens is 3. The van der Waals surface area contributed by atoms with Crippen LogP contribution in [-0.4, -0.2) is 15.0 Å². The van der Waals surface area contributed by atoms with Crippen molar-refractivity contribution in [2.75, 3.05) is 0 Å². The molecule has 0 aliphatic carbocycles. The largest absolute Gasteiger partial charge is 0.208 e. The van der Waals surface area contributed by atoms with E-state index in [0.29, 0.717) is 17.5 Å². The zero-order chi connectivity index (χ0) is 31.9. The first kappa shape index (κ1) is 27.8. The highest BCUT2D eigenvalue weighted by molar-refractivity contribution is 6.03. The summed E-state index contributed by atoms with van der Waals surface area (Å²) in [5.41, 5.74) is 7.49. The maximum absolute atomic E-state index is 5.08. The predicted octanol–water partition coefficient (Wildman–Crippen LogP) is 11.7. The Balaban J connectivity index is 1.28. The van der Waals surface area contributed by atoms with Crippen molar-refractivity contribution in [1.29, 1.82) is 0 Å². The maximum atomic E-state index is 5.08. The summed E-state index contributed by atoms with van der Waals surface area (Å²) in [5, 5.41) is 7.20. The van der Waals surface area contributed by atoms with E-state index in [1.54, 1.807) is 0 Å². The standard InChI is InChI=1S/C45H29N3/c1-3-13-32(14-4-1)43-46-44(33-15-5-2-6-16-33)48-45(47-43)40-28-39-27-37(36-21-19-30-11-7-9-17-34(30)25-36)23-24-41(39)42(29-40)38-22-20-31-12-8-10-18-35(31)26-38/h1-29H. The van der Waals surface area contributed by atoms with E-state index < -0.39 is 0 Å². The van der Waals surface area contributed by atoms with Crippen LogP contribution in [0.15, 0.2) is 176 Å². The summed E-state index contributed by atoms with van der Waals surface area (Å²) in [4.78, 5) is 15.1. The highest BCUT2D eigenvalue weighted by Crippen LogP contribution is 2.38. The molecule has 0 atom stereocenters. The van der Waals surface area contributed by atoms with Crippen molar-refractivity contribution in [3.05, 3.63) is 176 Å². The Kier molecular flexibility index (Phi) is 6.80. The van der Waals surface area contributed by atoms with Gasteiger partial charge < -0.3 is 0 Å². The van der Waals surface area contributed by atoms with Crippen LogP contribution in [-0.2, 0) is 0 Å². The second-order valence-electron chi connectivity index (χ2n) is 12.1. The van der Waals surface area contributed by atoms with Crippen LogP contribution in [0, 0.1) is 0 Å². The number of nitrogens with zero attached hydrogens (tertiary/aromatic N) is 3. The van der Waals surface area contributed by atoms with Crippen LogP contribution in [0.2, 0.25) is 0 Å². The molecule has 9 aromatic rings. The van der Waals surface area contributed by atoms with Gasteiger partial charge in [0.05, 0.1) is 0 Å². The zero-order valence-electron chi connectivity index (χ0n) is 26.1. The molecule has 48 heavy (non-hydrogen) atoms. The van der Waals surface area contributed by atoms with Gasteiger partial charge in [-0.1, -0.05) is 146 Å². The van der Waals surface area contributed by atoms with Crippen molar-refractivity contribution < 1.29 is 0 Å². The van der Waals surface area contributed by atoms with E-state index in [1.165, 1.54) is 38.1 Å². The van der Waals surface area contributed by atoms with E-state index in [-0.39, 0.29) is 0 Å². The van der Waals surface area contributed by atoms with Gasteiger partial charge in [-0.3, -0.25) is 0 Å². The third kappa shape index (κ3) is 5.18. The predicted molar refractivity (Wildman–Crippen MR) is 200 cm³/mol. The Bertz CT molecular complexity index is 2550. The minimum absolute atomic E-state index is 0.641. The summed E-state index contributed by atoms with van der Waals surface area (Å²) in [6.07, 6.45) is 0. The molecule has 3 heteroatoms. The lowest BCUT2D eigenvalue weighted by Gasteiger charge is -2.14. The Labute approximate surface area is 278 Å². The molecule has 0 saturated heterocycles. The van der Waals surface area contributed by atoms with E-state index in [2.05, 4.69) is 115 Å². The van der Waals surface area contributed by atoms with Crippen LogP contribution < -0.4 is 0 Å². The minimum atomic E-state index is 0.641. The monoisotopic (exact) mass is 611 g/mol. The Morgan fingerprint density at radius 2 is 0.667 bits per heavy atom. The fourth-order valence-electron chi connectivity index (χ4n) is 6.58. The van der Waals surface area contributed by atoms with Crippen molar-refractivity contribution in [1.82, 2.24) is 15.0 Å². The van der Waals surface area contributed by atoms with Gasteiger partial charge in [-0.05, 0) is 84.9 Å². The quantitative estimate of drug-likeness (QED) is 0.194. The van der Waals surface area contributed by atoms with Gasteiger partial charge in [0.15, 0.2) is 17.5 Å². The SMILES string of the molecule is c1ccc(-c2nc(-c3ccccc3)nc(-c3cc(-c4ccc5ccccc5c4)c4ccc(-c5ccc6ccccc6c5)cc4c3)n2)cc1. The van der Waals surface area contributed by atoms with Crippen molar-refractivity contribution in [3.8, 4) is 56.4 Å². The van der Waals surface area contributed by atoms with Crippen molar-refractivity contribution >= 4 is 32.3 Å². The zero-order valence-corrected chi connectivity index (χ0v) is 26.1. The Hall–Kier alpha value is -6.45. The lowest BCUT2D eigenvalue weighted by molar-refractivity contribution is 1.07. The molecule has 0 radical (unpaired) electrons. The fourth-order valence-corrected chi connectivity index (χ4v) is 6.58. The topological polar surface area (TPSA) is 38.7 Å². The molecular formula is C45H29N3. The van der Waals surface area contributed by atoms with Crippen LogP contribution >= 0.6 is 0 Å². The number of rotatable bonds is 5. The summed E-state index contributed by atoms with van der Waals surface area (Å²) in [7, 11) is 0. The molecule has 224 valence electrons. The number of fused-ring (bicyclic) bond motifs is 3. The Morgan fingerprint density at radius 3 is 1.25 bits per heavy atom. The first-order chi connectivity index (χ1) is 23.7. The summed E-state index contributed by atoms with van der Waals surface area (Å²) >= 11 is 0. The van der Waals surface area contributed by atoms with E-state index in [1.807, 2.05) is 60.7 Å². The van der Waals surface area contributed by atoms with E-state index >= 15 is 0 Å². The van der Waals surface area contributed by atoms with Crippen LogP contribution in [0.25, 0.3) is 88.7 Å². The van der Waals surface area contributed by atoms with E-state index in [4.69, 9.17) is 15.0 Å². The second-order valence-corrected chi connectivity index (χ2v) is 12.1. The van der Waals surface area contributed by atoms with Crippen molar-refractivity contribution in [2.24, 2.45) is 0 Å². The molecule has 0 fully saturated rings. The lowest BCUT2D eigenvalue weighted by Crippen LogP contribution is -2.00. The van der Waals surface area contributed by atoms with Crippen LogP contribution in [0.3, 0.4) is 0 Å². The third-order valence-electron chi connectivity index (χ3n) is 9.05. The van der Waals surface area contributed by atoms with Gasteiger partial charge in [-0.25, -0.2) is 15.0 Å². The third-order valence-corrected chi connectivity index (χ3v) is 9.05. The maximum Gasteiger partial charge on any atom is 0.164 e. The average molecular weight is 612 g/mol. The molecule has 0 aliphatic heterocycles. The number of hydrogen-bond acceptors (Lipinski definition) is 3. The summed E-state index contributed by atoms with van der Waals surface area (Å²) in [6.45, 7) is 0. The first-order valence-electron chi connectivity index (χ1n) is 16.2. The fraction of sp³-hybridized carbons (Fsp3) is 0. The van der Waals surface area contributed by atoms with Gasteiger partial charge >= 0.3 is 0 Å². The van der Waals surface area contributed by atoms with Crippen molar-refractivity contribution in [2.45, 2.75) is 0 Å². The van der Waals surface area contributed by atoms with Gasteiger partial charge in [0.2, 0.25) is 0 Å². The van der Waals surface area contributed by atoms with E-state index in [9.17, 15) is 0 Å². The van der Waals surface area contributed by atoms with Gasteiger partial charge in [-0.15, -0.1) is 0 Å². The molecule has 0 N–H and O–H groups in total. The molecule has 1 heterocycles. The van der Waals surface area contributed by atoms with Crippen LogP contribution in [0.5, 0.6) is 0 Å². The van der Waals surface area contributed by atoms with Crippen LogP contribution in [0.4, 0.5) is 0 Å². The van der Waals surface area contributed by atoms with Crippen LogP contribution in [0.1, 0.15) is 0 Å². The molecule has 1 aromatic heterocycles. The molecular weight excluding hydrogens is 583 g/mol. The normalized spacial score (nSPS) is 11.3. The summed E-state index contributed by atoms with van der Waals surface area (Å²) < 4.78 is 0. The van der Waals surface area contributed by atoms with E-state index in [0.717, 1.165) is 33.2 Å². The number of hydrogen-bond donors (Lipinski definition) is 0. The average Bonchev–Trinajstić information content (AvgIpc) is 3.17. The molecule has 8 aromatic carbocycles. The molecule has 0 saturated carbocycles. The van der Waals surface area contributed by atoms with Gasteiger partial charge in [-0.2, -0.15) is 0 Å². The smallest absolute Gasteiger partial charge is 0.164 e. The van der Waals surface area contributed by atoms with Gasteiger partial charge in [0.1, 0.15) is 0 Å². The van der Waals surface area contributed by atoms with Crippen molar-refractivity contribution in [3.63, 3.8) is 0 Å². The highest BCUT2D eigenvalue weighted by atomic mass is 15.0. The molecule has 0 bridgehead atoms. The minimum Gasteiger partial charge on any atom is -0.208 e. The summed E-state index contributed by atoms with van der Waals surface area (Å²) in [6, 6.07) is 61.9. The van der Waals surface area contributed by atoms with Gasteiger partial charge in [0.25, 0.3) is 0 Å². The lowest BCUT2D eigenvalue weighted by atomic mass is 9.91.